The Morgan fingerprint density at radius 3 is 2.61 bits per heavy atom. The minimum absolute atomic E-state index is 0.0154. The van der Waals surface area contributed by atoms with E-state index < -0.39 is 10.7 Å². The quantitative estimate of drug-likeness (QED) is 0.608. The van der Waals surface area contributed by atoms with Crippen LogP contribution >= 0.6 is 0 Å². The summed E-state index contributed by atoms with van der Waals surface area (Å²) >= 11 is 0. The van der Waals surface area contributed by atoms with Crippen molar-refractivity contribution in [3.8, 4) is 0 Å². The summed E-state index contributed by atoms with van der Waals surface area (Å²) in [6.07, 6.45) is 5.23. The zero-order chi connectivity index (χ0) is 16.6. The van der Waals surface area contributed by atoms with Gasteiger partial charge >= 0.3 is 0 Å². The Kier molecular flexibility index (Phi) is 4.00. The number of nitro groups is 1. The summed E-state index contributed by atoms with van der Waals surface area (Å²) in [6, 6.07) is 3.92. The maximum absolute atomic E-state index is 14.3. The van der Waals surface area contributed by atoms with Gasteiger partial charge in [0.1, 0.15) is 18.3 Å². The smallest absolute Gasteiger partial charge is 0.272 e. The predicted octanol–water partition coefficient (Wildman–Crippen LogP) is 4.49. The van der Waals surface area contributed by atoms with E-state index in [4.69, 9.17) is 9.47 Å². The molecule has 0 aromatic heterocycles. The van der Waals surface area contributed by atoms with Crippen LogP contribution in [-0.2, 0) is 9.47 Å². The zero-order valence-electron chi connectivity index (χ0n) is 13.2. The van der Waals surface area contributed by atoms with Gasteiger partial charge in [0.15, 0.2) is 0 Å². The highest BCUT2D eigenvalue weighted by atomic mass is 19.1. The van der Waals surface area contributed by atoms with Gasteiger partial charge in [-0.1, -0.05) is 13.8 Å². The third kappa shape index (κ3) is 3.02. The van der Waals surface area contributed by atoms with Crippen molar-refractivity contribution in [3.63, 3.8) is 0 Å². The van der Waals surface area contributed by atoms with Crippen molar-refractivity contribution >= 4 is 5.69 Å². The summed E-state index contributed by atoms with van der Waals surface area (Å²) in [5.74, 6) is -0.360. The van der Waals surface area contributed by atoms with Gasteiger partial charge in [-0.3, -0.25) is 10.1 Å². The van der Waals surface area contributed by atoms with Crippen molar-refractivity contribution in [2.75, 3.05) is 0 Å². The van der Waals surface area contributed by atoms with Gasteiger partial charge in [-0.15, -0.1) is 0 Å². The van der Waals surface area contributed by atoms with E-state index in [0.29, 0.717) is 5.56 Å². The molecule has 1 aromatic rings. The zero-order valence-corrected chi connectivity index (χ0v) is 13.2. The molecule has 2 atom stereocenters. The average molecular weight is 321 g/mol. The fourth-order valence-electron chi connectivity index (χ4n) is 3.64. The third-order valence-electron chi connectivity index (χ3n) is 5.12. The van der Waals surface area contributed by atoms with Gasteiger partial charge in [0.05, 0.1) is 11.0 Å². The second kappa shape index (κ2) is 5.83. The molecule has 23 heavy (non-hydrogen) atoms. The first-order valence-electron chi connectivity index (χ1n) is 7.78. The highest BCUT2D eigenvalue weighted by Crippen LogP contribution is 2.49. The topological polar surface area (TPSA) is 61.6 Å². The molecular weight excluding hydrogens is 301 g/mol. The molecule has 1 aliphatic heterocycles. The molecular formula is C17H20FNO4. The van der Waals surface area contributed by atoms with E-state index in [9.17, 15) is 14.5 Å². The Hall–Kier alpha value is -2.11. The van der Waals surface area contributed by atoms with Crippen molar-refractivity contribution in [1.82, 2.24) is 0 Å². The molecule has 0 N–H and O–H groups in total. The highest BCUT2D eigenvalue weighted by molar-refractivity contribution is 5.36. The van der Waals surface area contributed by atoms with Crippen molar-refractivity contribution in [1.29, 1.82) is 0 Å². The molecule has 1 fully saturated rings. The van der Waals surface area contributed by atoms with Crippen LogP contribution < -0.4 is 0 Å². The first kappa shape index (κ1) is 15.8. The molecule has 0 bridgehead atoms. The predicted molar refractivity (Wildman–Crippen MR) is 82.0 cm³/mol. The molecule has 0 spiro atoms. The number of rotatable bonds is 3. The Morgan fingerprint density at radius 1 is 1.30 bits per heavy atom. The van der Waals surface area contributed by atoms with Gasteiger partial charge < -0.3 is 9.47 Å². The van der Waals surface area contributed by atoms with E-state index in [1.165, 1.54) is 18.6 Å². The molecule has 1 heterocycles. The lowest BCUT2D eigenvalue weighted by Gasteiger charge is -2.43. The fraction of sp³-hybridized carbons (Fsp3) is 0.529. The third-order valence-corrected chi connectivity index (χ3v) is 5.12. The molecule has 6 heteroatoms. The SMILES string of the molecule is CC1(C)CCC(c2ccc([N+](=O)[O-])cc2F)CC1C1OC=CO1. The molecule has 0 amide bonds. The largest absolute Gasteiger partial charge is 0.459 e. The molecule has 1 aromatic carbocycles. The molecule has 5 nitrogen and oxygen atoms in total. The van der Waals surface area contributed by atoms with Crippen LogP contribution in [0.4, 0.5) is 10.1 Å². The minimum Gasteiger partial charge on any atom is -0.459 e. The van der Waals surface area contributed by atoms with E-state index in [1.807, 2.05) is 0 Å². The normalized spacial score (nSPS) is 26.6. The van der Waals surface area contributed by atoms with Crippen LogP contribution in [0.5, 0.6) is 0 Å². The van der Waals surface area contributed by atoms with E-state index >= 15 is 0 Å². The van der Waals surface area contributed by atoms with Crippen molar-refractivity contribution < 1.29 is 18.8 Å². The number of non-ortho nitro benzene ring substituents is 1. The van der Waals surface area contributed by atoms with Crippen molar-refractivity contribution in [3.05, 3.63) is 52.2 Å². The summed E-state index contributed by atoms with van der Waals surface area (Å²) in [5.41, 5.74) is 0.359. The van der Waals surface area contributed by atoms with Gasteiger partial charge in [-0.25, -0.2) is 4.39 Å². The number of benzene rings is 1. The summed E-state index contributed by atoms with van der Waals surface area (Å²) in [6.45, 7) is 4.34. The number of hydrogen-bond acceptors (Lipinski definition) is 4. The molecule has 0 saturated heterocycles. The molecule has 1 saturated carbocycles. The second-order valence-electron chi connectivity index (χ2n) is 6.94. The van der Waals surface area contributed by atoms with E-state index in [-0.39, 0.29) is 29.2 Å². The minimum atomic E-state index is -0.578. The number of hydrogen-bond donors (Lipinski definition) is 0. The number of halogens is 1. The Labute approximate surface area is 134 Å². The fourth-order valence-corrected chi connectivity index (χ4v) is 3.64. The Morgan fingerprint density at radius 2 is 2.00 bits per heavy atom. The first-order valence-corrected chi connectivity index (χ1v) is 7.78. The average Bonchev–Trinajstić information content (AvgIpc) is 3.01. The highest BCUT2D eigenvalue weighted by Gasteiger charge is 2.44. The monoisotopic (exact) mass is 321 g/mol. The number of nitrogens with zero attached hydrogens (tertiary/aromatic N) is 1. The molecule has 2 aliphatic rings. The summed E-state index contributed by atoms with van der Waals surface area (Å²) in [7, 11) is 0. The lowest BCUT2D eigenvalue weighted by atomic mass is 9.64. The van der Waals surface area contributed by atoms with Gasteiger partial charge in [-0.05, 0) is 42.2 Å². The van der Waals surface area contributed by atoms with Gasteiger partial charge in [0.2, 0.25) is 6.29 Å². The Balaban J connectivity index is 1.82. The first-order chi connectivity index (χ1) is 10.9. The summed E-state index contributed by atoms with van der Waals surface area (Å²) in [4.78, 5) is 10.2. The second-order valence-corrected chi connectivity index (χ2v) is 6.94. The molecule has 1 aliphatic carbocycles. The maximum atomic E-state index is 14.3. The van der Waals surface area contributed by atoms with E-state index in [0.717, 1.165) is 25.3 Å². The standard InChI is InChI=1S/C17H20FNO4/c1-17(2)6-5-11(9-14(17)16-22-7-8-23-16)13-4-3-12(19(20)21)10-15(13)18/h3-4,7-8,10-11,14,16H,5-6,9H2,1-2H3. The van der Waals surface area contributed by atoms with Crippen molar-refractivity contribution in [2.45, 2.75) is 45.3 Å². The van der Waals surface area contributed by atoms with E-state index in [1.54, 1.807) is 6.07 Å². The van der Waals surface area contributed by atoms with Gasteiger partial charge in [-0.2, -0.15) is 0 Å². The molecule has 2 unspecified atom stereocenters. The summed E-state index contributed by atoms with van der Waals surface area (Å²) < 4.78 is 25.3. The molecule has 0 radical (unpaired) electrons. The number of ether oxygens (including phenoxy) is 2. The maximum Gasteiger partial charge on any atom is 0.272 e. The summed E-state index contributed by atoms with van der Waals surface area (Å²) in [5, 5.41) is 10.8. The molecule has 3 rings (SSSR count). The van der Waals surface area contributed by atoms with Crippen LogP contribution in [0.25, 0.3) is 0 Å². The van der Waals surface area contributed by atoms with Gasteiger partial charge in [0, 0.05) is 12.0 Å². The van der Waals surface area contributed by atoms with Crippen LogP contribution in [-0.4, -0.2) is 11.2 Å². The van der Waals surface area contributed by atoms with Crippen LogP contribution in [0.3, 0.4) is 0 Å². The van der Waals surface area contributed by atoms with Gasteiger partial charge in [0.25, 0.3) is 5.69 Å². The van der Waals surface area contributed by atoms with E-state index in [2.05, 4.69) is 13.8 Å². The van der Waals surface area contributed by atoms with Crippen LogP contribution in [0, 0.1) is 27.3 Å². The van der Waals surface area contributed by atoms with Crippen molar-refractivity contribution in [2.24, 2.45) is 11.3 Å². The van der Waals surface area contributed by atoms with Crippen LogP contribution in [0.15, 0.2) is 30.7 Å². The lowest BCUT2D eigenvalue weighted by Crippen LogP contribution is -2.39. The van der Waals surface area contributed by atoms with Crippen LogP contribution in [0.2, 0.25) is 0 Å². The lowest BCUT2D eigenvalue weighted by molar-refractivity contribution is -0.385. The van der Waals surface area contributed by atoms with Crippen LogP contribution in [0.1, 0.15) is 44.6 Å². The Bertz CT molecular complexity index is 635. The number of nitro benzene ring substituents is 1. The molecule has 124 valence electrons.